The molecule has 0 spiro atoms. The molecule has 0 bridgehead atoms. The van der Waals surface area contributed by atoms with Crippen molar-refractivity contribution in [2.24, 2.45) is 0 Å². The molecule has 2 unspecified atom stereocenters. The number of aliphatic hydroxyl groups is 1. The Bertz CT molecular complexity index is 905. The average Bonchev–Trinajstić information content (AvgIpc) is 2.76. The number of aliphatic hydroxyl groups excluding tert-OH is 1. The van der Waals surface area contributed by atoms with Crippen molar-refractivity contribution < 1.29 is 9.84 Å². The summed E-state index contributed by atoms with van der Waals surface area (Å²) in [5.41, 5.74) is 3.66. The van der Waals surface area contributed by atoms with E-state index in [4.69, 9.17) is 16.3 Å². The molecule has 0 radical (unpaired) electrons. The van der Waals surface area contributed by atoms with Gasteiger partial charge in [-0.05, 0) is 34.4 Å². The molecule has 0 amide bonds. The molecule has 4 heteroatoms. The second kappa shape index (κ2) is 8.46. The fraction of sp³-hybridized carbons (Fsp3) is 0.250. The monoisotopic (exact) mass is 393 g/mol. The molecule has 2 atom stereocenters. The predicted octanol–water partition coefficient (Wildman–Crippen LogP) is 4.60. The topological polar surface area (TPSA) is 41.5 Å². The second-order valence-corrected chi connectivity index (χ2v) is 7.55. The summed E-state index contributed by atoms with van der Waals surface area (Å²) in [6.45, 7) is 2.04. The summed E-state index contributed by atoms with van der Waals surface area (Å²) < 4.78 is 6.50. The molecule has 4 rings (SSSR count). The minimum absolute atomic E-state index is 0.000640. The van der Waals surface area contributed by atoms with Gasteiger partial charge in [-0.25, -0.2) is 0 Å². The lowest BCUT2D eigenvalue weighted by molar-refractivity contribution is -0.0987. The normalized spacial score (nSPS) is 20.6. The zero-order chi connectivity index (χ0) is 19.4. The fourth-order valence-corrected chi connectivity index (χ4v) is 4.28. The van der Waals surface area contributed by atoms with Gasteiger partial charge in [-0.1, -0.05) is 78.3 Å². The van der Waals surface area contributed by atoms with Gasteiger partial charge in [0.05, 0.1) is 13.2 Å². The van der Waals surface area contributed by atoms with Crippen molar-refractivity contribution >= 4 is 11.6 Å². The van der Waals surface area contributed by atoms with Crippen molar-refractivity contribution in [1.82, 2.24) is 5.32 Å². The van der Waals surface area contributed by atoms with Gasteiger partial charge in [-0.15, -0.1) is 0 Å². The van der Waals surface area contributed by atoms with E-state index in [2.05, 4.69) is 29.6 Å². The SMILES string of the molecule is OCC(c1ccccc1)C1(c2ccccc2-c2ccc(Cl)cc2)CNCCO1. The highest BCUT2D eigenvalue weighted by Crippen LogP contribution is 2.44. The van der Waals surface area contributed by atoms with Crippen LogP contribution < -0.4 is 5.32 Å². The van der Waals surface area contributed by atoms with Gasteiger partial charge in [0, 0.05) is 24.0 Å². The molecular weight excluding hydrogens is 370 g/mol. The first-order valence-electron chi connectivity index (χ1n) is 9.60. The maximum Gasteiger partial charge on any atom is 0.115 e. The van der Waals surface area contributed by atoms with Gasteiger partial charge >= 0.3 is 0 Å². The molecule has 144 valence electrons. The molecule has 3 aromatic carbocycles. The van der Waals surface area contributed by atoms with E-state index in [1.807, 2.05) is 54.6 Å². The molecule has 28 heavy (non-hydrogen) atoms. The Hall–Kier alpha value is -2.17. The number of morpholine rings is 1. The van der Waals surface area contributed by atoms with E-state index in [0.29, 0.717) is 18.2 Å². The largest absolute Gasteiger partial charge is 0.396 e. The first-order valence-corrected chi connectivity index (χ1v) is 9.98. The summed E-state index contributed by atoms with van der Waals surface area (Å²) in [5, 5.41) is 14.6. The first kappa shape index (κ1) is 19.2. The van der Waals surface area contributed by atoms with Gasteiger partial charge in [0.25, 0.3) is 0 Å². The van der Waals surface area contributed by atoms with Crippen molar-refractivity contribution in [3.63, 3.8) is 0 Å². The summed E-state index contributed by atoms with van der Waals surface area (Å²) in [7, 11) is 0. The highest BCUT2D eigenvalue weighted by Gasteiger charge is 2.44. The van der Waals surface area contributed by atoms with Gasteiger partial charge in [-0.3, -0.25) is 0 Å². The van der Waals surface area contributed by atoms with Crippen LogP contribution >= 0.6 is 11.6 Å². The molecule has 1 heterocycles. The number of halogens is 1. The summed E-state index contributed by atoms with van der Waals surface area (Å²) in [6, 6.07) is 26.3. The van der Waals surface area contributed by atoms with Crippen LogP contribution in [0.15, 0.2) is 78.9 Å². The van der Waals surface area contributed by atoms with Crippen LogP contribution in [-0.2, 0) is 10.3 Å². The quantitative estimate of drug-likeness (QED) is 0.665. The van der Waals surface area contributed by atoms with Crippen LogP contribution in [0.4, 0.5) is 0 Å². The molecule has 0 aromatic heterocycles. The molecule has 1 aliphatic rings. The number of hydrogen-bond donors (Lipinski definition) is 2. The summed E-state index contributed by atoms with van der Waals surface area (Å²) in [6.07, 6.45) is 0. The van der Waals surface area contributed by atoms with Crippen molar-refractivity contribution in [2.45, 2.75) is 11.5 Å². The Balaban J connectivity index is 1.88. The number of hydrogen-bond acceptors (Lipinski definition) is 3. The number of rotatable bonds is 5. The lowest BCUT2D eigenvalue weighted by Gasteiger charge is -2.44. The van der Waals surface area contributed by atoms with Crippen LogP contribution in [0, 0.1) is 0 Å². The zero-order valence-electron chi connectivity index (χ0n) is 15.6. The van der Waals surface area contributed by atoms with Crippen LogP contribution in [-0.4, -0.2) is 31.4 Å². The van der Waals surface area contributed by atoms with Gasteiger partial charge < -0.3 is 15.2 Å². The van der Waals surface area contributed by atoms with Gasteiger partial charge in [0.1, 0.15) is 5.60 Å². The second-order valence-electron chi connectivity index (χ2n) is 7.11. The van der Waals surface area contributed by atoms with Crippen molar-refractivity contribution in [3.8, 4) is 11.1 Å². The molecule has 1 fully saturated rings. The van der Waals surface area contributed by atoms with Crippen LogP contribution in [0.3, 0.4) is 0 Å². The molecule has 0 aliphatic carbocycles. The van der Waals surface area contributed by atoms with Crippen molar-refractivity contribution in [2.75, 3.05) is 26.3 Å². The summed E-state index contributed by atoms with van der Waals surface area (Å²) in [5.74, 6) is -0.185. The Labute approximate surface area is 170 Å². The van der Waals surface area contributed by atoms with Gasteiger partial charge in [0.15, 0.2) is 0 Å². The van der Waals surface area contributed by atoms with E-state index >= 15 is 0 Å². The molecule has 3 aromatic rings. The van der Waals surface area contributed by atoms with E-state index in [1.54, 1.807) is 0 Å². The number of benzene rings is 3. The molecule has 1 saturated heterocycles. The Kier molecular flexibility index (Phi) is 5.79. The standard InChI is InChI=1S/C24H24ClNO2/c25-20-12-10-18(11-13-20)21-8-4-5-9-22(21)24(17-26-14-15-28-24)23(16-27)19-6-2-1-3-7-19/h1-13,23,26-27H,14-17H2. The van der Waals surface area contributed by atoms with Crippen molar-refractivity contribution in [1.29, 1.82) is 0 Å². The highest BCUT2D eigenvalue weighted by atomic mass is 35.5. The Morgan fingerprint density at radius 1 is 0.964 bits per heavy atom. The minimum Gasteiger partial charge on any atom is -0.396 e. The maximum atomic E-state index is 10.4. The molecule has 3 nitrogen and oxygen atoms in total. The molecule has 0 saturated carbocycles. The lowest BCUT2D eigenvalue weighted by atomic mass is 9.74. The van der Waals surface area contributed by atoms with E-state index < -0.39 is 5.60 Å². The third-order valence-corrected chi connectivity index (χ3v) is 5.76. The smallest absolute Gasteiger partial charge is 0.115 e. The average molecular weight is 394 g/mol. The number of nitrogens with one attached hydrogen (secondary N) is 1. The van der Waals surface area contributed by atoms with E-state index in [0.717, 1.165) is 28.8 Å². The molecule has 1 aliphatic heterocycles. The Morgan fingerprint density at radius 2 is 1.68 bits per heavy atom. The predicted molar refractivity (Wildman–Crippen MR) is 114 cm³/mol. The van der Waals surface area contributed by atoms with Crippen LogP contribution in [0.5, 0.6) is 0 Å². The van der Waals surface area contributed by atoms with Crippen LogP contribution in [0.2, 0.25) is 5.02 Å². The van der Waals surface area contributed by atoms with Gasteiger partial charge in [-0.2, -0.15) is 0 Å². The van der Waals surface area contributed by atoms with E-state index in [-0.39, 0.29) is 12.5 Å². The minimum atomic E-state index is -0.662. The molecule has 2 N–H and O–H groups in total. The number of ether oxygens (including phenoxy) is 1. The fourth-order valence-electron chi connectivity index (χ4n) is 4.16. The van der Waals surface area contributed by atoms with Gasteiger partial charge in [0.2, 0.25) is 0 Å². The van der Waals surface area contributed by atoms with E-state index in [1.165, 1.54) is 0 Å². The molecular formula is C24H24ClNO2. The summed E-state index contributed by atoms with van der Waals surface area (Å²) >= 11 is 6.10. The third kappa shape index (κ3) is 3.59. The maximum absolute atomic E-state index is 10.4. The van der Waals surface area contributed by atoms with Crippen LogP contribution in [0.1, 0.15) is 17.0 Å². The summed E-state index contributed by atoms with van der Waals surface area (Å²) in [4.78, 5) is 0. The Morgan fingerprint density at radius 3 is 2.36 bits per heavy atom. The highest BCUT2D eigenvalue weighted by molar-refractivity contribution is 6.30. The van der Waals surface area contributed by atoms with Crippen molar-refractivity contribution in [3.05, 3.63) is 95.0 Å². The van der Waals surface area contributed by atoms with Crippen LogP contribution in [0.25, 0.3) is 11.1 Å². The van der Waals surface area contributed by atoms with E-state index in [9.17, 15) is 5.11 Å². The first-order chi connectivity index (χ1) is 13.7. The third-order valence-electron chi connectivity index (χ3n) is 5.51. The zero-order valence-corrected chi connectivity index (χ0v) is 16.4. The lowest BCUT2D eigenvalue weighted by Crippen LogP contribution is -2.52.